The molecule has 0 amide bonds. The summed E-state index contributed by atoms with van der Waals surface area (Å²) in [5.74, 6) is -6.46. The van der Waals surface area contributed by atoms with Crippen LogP contribution in [0.25, 0.3) is 0 Å². The van der Waals surface area contributed by atoms with E-state index >= 15 is 0 Å². The molecule has 1 radical (unpaired) electrons. The molecule has 0 saturated carbocycles. The fourth-order valence-corrected chi connectivity index (χ4v) is 0.688. The Kier molecular flexibility index (Phi) is 46.6. The zero-order valence-electron chi connectivity index (χ0n) is 21.6. The molecule has 0 rings (SSSR count). The van der Waals surface area contributed by atoms with Crippen molar-refractivity contribution in [3.63, 3.8) is 0 Å². The first-order chi connectivity index (χ1) is 14.0. The molecule has 0 aromatic rings. The van der Waals surface area contributed by atoms with Crippen LogP contribution in [-0.4, -0.2) is 149 Å². The molecule has 211 valence electrons. The first kappa shape index (κ1) is 54.1. The molecule has 0 heterocycles. The number of carbonyl (C=O) groups excluding carboxylic acids is 4. The van der Waals surface area contributed by atoms with Gasteiger partial charge in [-0.25, -0.2) is 0 Å². The van der Waals surface area contributed by atoms with Gasteiger partial charge in [0.15, 0.2) is 0 Å². The average Bonchev–Trinajstić information content (AvgIpc) is 2.42. The van der Waals surface area contributed by atoms with Gasteiger partial charge < -0.3 is 85.2 Å². The number of rotatable bonds is 8. The normalized spacial score (nSPS) is 9.20. The topological polar surface area (TPSA) is 296 Å². The molecule has 18 heteroatoms. The summed E-state index contributed by atoms with van der Waals surface area (Å²) in [4.78, 5) is 38.5. The third-order valence-corrected chi connectivity index (χ3v) is 1.22. The molecule has 0 aliphatic carbocycles. The van der Waals surface area contributed by atoms with Crippen LogP contribution in [0.15, 0.2) is 0 Å². The van der Waals surface area contributed by atoms with Crippen LogP contribution >= 0.6 is 0 Å². The van der Waals surface area contributed by atoms with Gasteiger partial charge in [0.1, 0.15) is 0 Å². The molecule has 17 nitrogen and oxygen atoms in total. The number of aliphatic carboxylic acids is 4. The van der Waals surface area contributed by atoms with Crippen molar-refractivity contribution in [2.24, 2.45) is 0 Å². The number of aliphatic hydroxyl groups excluding tert-OH is 1. The van der Waals surface area contributed by atoms with E-state index in [9.17, 15) is 50.0 Å². The predicted octanol–water partition coefficient (Wildman–Crippen LogP) is -8.83. The minimum atomic E-state index is -1.61. The minimum Gasteiger partial charge on any atom is -0.785 e. The summed E-state index contributed by atoms with van der Waals surface area (Å²) in [7, 11) is 18.0. The number of carboxylic acid groups (broad SMARTS) is 4. The van der Waals surface area contributed by atoms with Gasteiger partial charge in [0, 0.05) is 33.3 Å². The quantitative estimate of drug-likeness (QED) is 0.214. The molecule has 0 saturated heterocycles. The molecular formula is C17H40N4O13V. The Labute approximate surface area is 217 Å². The van der Waals surface area contributed by atoms with Crippen molar-refractivity contribution in [3.8, 4) is 0 Å². The molecule has 5 N–H and O–H groups in total. The van der Waals surface area contributed by atoms with E-state index in [1.165, 1.54) is 0 Å². The maximum atomic E-state index is 10.1. The van der Waals surface area contributed by atoms with Crippen molar-refractivity contribution in [1.29, 1.82) is 0 Å². The molecule has 0 fully saturated rings. The molecule has 0 aliphatic heterocycles. The van der Waals surface area contributed by atoms with Crippen LogP contribution in [0.2, 0.25) is 0 Å². The number of hydrogen-bond donors (Lipinski definition) is 1. The van der Waals surface area contributed by atoms with Crippen LogP contribution in [0.5, 0.6) is 0 Å². The van der Waals surface area contributed by atoms with Crippen molar-refractivity contribution in [1.82, 2.24) is 10.1 Å². The predicted molar refractivity (Wildman–Crippen MR) is 113 cm³/mol. The van der Waals surface area contributed by atoms with Gasteiger partial charge in [-0.1, -0.05) is 0 Å². The van der Waals surface area contributed by atoms with E-state index in [0.29, 0.717) is 0 Å². The van der Waals surface area contributed by atoms with Crippen molar-refractivity contribution in [2.75, 3.05) is 89.7 Å². The maximum Gasteiger partial charge on any atom is 4.00 e. The Morgan fingerprint density at radius 2 is 0.629 bits per heavy atom. The van der Waals surface area contributed by atoms with Crippen LogP contribution in [-0.2, 0) is 37.7 Å². The summed E-state index contributed by atoms with van der Waals surface area (Å²) < 4.78 is 2.00. The van der Waals surface area contributed by atoms with Gasteiger partial charge in [-0.2, -0.15) is 0 Å². The average molecular weight is 559 g/mol. The Bertz CT molecular complexity index is 437. The van der Waals surface area contributed by atoms with Gasteiger partial charge in [0.05, 0.1) is 80.3 Å². The Morgan fingerprint density at radius 3 is 0.686 bits per heavy atom. The number of hydrogen-bond acceptors (Lipinski definition) is 13. The second-order valence-corrected chi connectivity index (χ2v) is 8.45. The fourth-order valence-electron chi connectivity index (χ4n) is 0.688. The van der Waals surface area contributed by atoms with Gasteiger partial charge >= 0.3 is 18.6 Å². The second kappa shape index (κ2) is 30.1. The number of carbonyl (C=O) groups is 4. The Balaban J connectivity index is -0.0000000458. The molecule has 0 spiro atoms. The molecule has 35 heavy (non-hydrogen) atoms. The first-order valence-electron chi connectivity index (χ1n) is 8.70. The maximum absolute atomic E-state index is 10.1. The smallest absolute Gasteiger partial charge is 0.785 e. The van der Waals surface area contributed by atoms with E-state index in [1.807, 2.05) is 0 Å². The second-order valence-electron chi connectivity index (χ2n) is 8.45. The minimum absolute atomic E-state index is 0. The van der Waals surface area contributed by atoms with Gasteiger partial charge in [0.2, 0.25) is 0 Å². The van der Waals surface area contributed by atoms with E-state index in [-0.39, 0.29) is 39.6 Å². The molecule has 0 aromatic heterocycles. The summed E-state index contributed by atoms with van der Waals surface area (Å²) in [5.41, 5.74) is 0. The fraction of sp³-hybridized carbons (Fsp3) is 0.765. The Hall–Kier alpha value is -1.90. The van der Waals surface area contributed by atoms with Crippen LogP contribution in [0.4, 0.5) is 0 Å². The molecule has 0 aromatic carbocycles. The summed E-state index contributed by atoms with van der Waals surface area (Å²) in [6.07, 6.45) is 0. The first-order valence-corrected chi connectivity index (χ1v) is 8.70. The standard InChI is InChI=1S/2C4H6NO5.2C4H12N.CH4O.2H2O.V/c2*6-3(7)1-5(10)2-4(8)9;2*1-5(2,3)4;1-2;;;/h2*1-2H2,(H,6,7)(H,8,9);2*1-4H3;2H,1H3;2*1H2;/q2*-1;2*+1;;;;+4/p-4. The SMILES string of the molecule is CO.C[N+](C)(C)C.C[N+](C)(C)C.O.O.O=C([O-])CN([O-])CC(=O)[O-].O=C([O-])CN([O-])CC(=O)[O-].[V+4]. The van der Waals surface area contributed by atoms with Gasteiger partial charge in [-0.3, -0.25) is 0 Å². The van der Waals surface area contributed by atoms with E-state index in [1.54, 1.807) is 0 Å². The zero-order chi connectivity index (χ0) is 27.3. The van der Waals surface area contributed by atoms with Crippen molar-refractivity contribution >= 4 is 23.9 Å². The third-order valence-electron chi connectivity index (χ3n) is 1.22. The summed E-state index contributed by atoms with van der Waals surface area (Å²) in [6.45, 7) is -3.80. The molecule has 0 bridgehead atoms. The van der Waals surface area contributed by atoms with Crippen LogP contribution in [0, 0.1) is 10.4 Å². The van der Waals surface area contributed by atoms with Crippen molar-refractivity contribution in [2.45, 2.75) is 0 Å². The van der Waals surface area contributed by atoms with E-state index < -0.39 is 50.1 Å². The summed E-state index contributed by atoms with van der Waals surface area (Å²) in [5, 5.41) is 65.4. The number of carboxylic acids is 4. The number of aliphatic hydroxyl groups is 1. The number of quaternary nitrogens is 2. The summed E-state index contributed by atoms with van der Waals surface area (Å²) in [6, 6.07) is 0. The van der Waals surface area contributed by atoms with Crippen LogP contribution in [0.1, 0.15) is 0 Å². The largest absolute Gasteiger partial charge is 4.00 e. The monoisotopic (exact) mass is 559 g/mol. The van der Waals surface area contributed by atoms with E-state index in [0.717, 1.165) is 16.1 Å². The van der Waals surface area contributed by atoms with E-state index in [4.69, 9.17) is 5.11 Å². The van der Waals surface area contributed by atoms with Crippen molar-refractivity contribution < 1.29 is 83.2 Å². The zero-order valence-corrected chi connectivity index (χ0v) is 23.0. The number of hydroxylamine groups is 4. The summed E-state index contributed by atoms with van der Waals surface area (Å²) >= 11 is 0. The van der Waals surface area contributed by atoms with Crippen LogP contribution < -0.4 is 20.4 Å². The van der Waals surface area contributed by atoms with Crippen LogP contribution in [0.3, 0.4) is 0 Å². The van der Waals surface area contributed by atoms with Gasteiger partial charge in [0.25, 0.3) is 0 Å². The molecule has 0 aliphatic rings. The number of nitrogens with zero attached hydrogens (tertiary/aromatic N) is 4. The van der Waals surface area contributed by atoms with Gasteiger partial charge in [-0.15, -0.1) is 0 Å². The third kappa shape index (κ3) is 146. The van der Waals surface area contributed by atoms with Crippen molar-refractivity contribution in [3.05, 3.63) is 10.4 Å². The van der Waals surface area contributed by atoms with Gasteiger partial charge in [-0.05, 0) is 0 Å². The van der Waals surface area contributed by atoms with E-state index in [2.05, 4.69) is 56.4 Å². The molecule has 0 atom stereocenters. The molecular weight excluding hydrogens is 519 g/mol. The Morgan fingerprint density at radius 1 is 0.543 bits per heavy atom. The molecule has 0 unspecified atom stereocenters.